The van der Waals surface area contributed by atoms with Crippen molar-refractivity contribution in [1.29, 1.82) is 0 Å². The molecule has 1 saturated carbocycles. The Morgan fingerprint density at radius 3 is 2.64 bits per heavy atom. The molecule has 5 rings (SSSR count). The Balaban J connectivity index is 1.50. The summed E-state index contributed by atoms with van der Waals surface area (Å²) < 4.78 is 76.0. The molecule has 1 aliphatic heterocycles. The molecule has 1 saturated heterocycles. The molecule has 2 amide bonds. The third-order valence-corrected chi connectivity index (χ3v) is 8.40. The predicted octanol–water partition coefficient (Wildman–Crippen LogP) is 3.89. The van der Waals surface area contributed by atoms with Crippen LogP contribution in [-0.2, 0) is 22.5 Å². The number of piperidine rings is 1. The molecule has 3 atom stereocenters. The van der Waals surface area contributed by atoms with Crippen LogP contribution in [-0.4, -0.2) is 67.9 Å². The van der Waals surface area contributed by atoms with Crippen molar-refractivity contribution in [3.8, 4) is 0 Å². The molecule has 16 heteroatoms. The summed E-state index contributed by atoms with van der Waals surface area (Å²) in [4.78, 5) is 43.1. The molecule has 0 radical (unpaired) electrons. The number of halogens is 5. The van der Waals surface area contributed by atoms with Crippen LogP contribution in [0.15, 0.2) is 24.5 Å². The minimum atomic E-state index is -4.51. The lowest BCUT2D eigenvalue weighted by Crippen LogP contribution is -2.47. The first-order chi connectivity index (χ1) is 20.8. The molecule has 238 valence electrons. The number of esters is 1. The molecule has 2 aliphatic rings. The van der Waals surface area contributed by atoms with E-state index in [9.17, 15) is 36.3 Å². The molecule has 1 unspecified atom stereocenters. The monoisotopic (exact) mass is 625 g/mol. The number of carbonyl (C=O) groups is 3. The van der Waals surface area contributed by atoms with Gasteiger partial charge in [-0.05, 0) is 44.2 Å². The number of nitrogens with zero attached hydrogens (tertiary/aromatic N) is 5. The fourth-order valence-corrected chi connectivity index (χ4v) is 5.95. The number of carbonyl (C=O) groups excluding carboxylic acids is 3. The zero-order valence-corrected chi connectivity index (χ0v) is 24.0. The number of rotatable bonds is 8. The van der Waals surface area contributed by atoms with E-state index in [1.807, 2.05) is 6.92 Å². The van der Waals surface area contributed by atoms with E-state index in [1.54, 1.807) is 0 Å². The topological polar surface area (TPSA) is 133 Å². The van der Waals surface area contributed by atoms with Crippen LogP contribution in [0.2, 0.25) is 0 Å². The van der Waals surface area contributed by atoms with E-state index in [4.69, 9.17) is 4.74 Å². The first-order valence-corrected chi connectivity index (χ1v) is 14.3. The highest BCUT2D eigenvalue weighted by Crippen LogP contribution is 2.41. The molecule has 44 heavy (non-hydrogen) atoms. The zero-order chi connectivity index (χ0) is 31.8. The first-order valence-electron chi connectivity index (χ1n) is 14.3. The van der Waals surface area contributed by atoms with Crippen molar-refractivity contribution >= 4 is 23.4 Å². The van der Waals surface area contributed by atoms with Crippen LogP contribution >= 0.6 is 0 Å². The van der Waals surface area contributed by atoms with E-state index in [-0.39, 0.29) is 54.7 Å². The highest BCUT2D eigenvalue weighted by Gasteiger charge is 2.45. The number of nitrogens with one attached hydrogen (secondary N) is 2. The maximum Gasteiger partial charge on any atom is 0.393 e. The van der Waals surface area contributed by atoms with Crippen LogP contribution in [0.3, 0.4) is 0 Å². The number of alkyl halides is 5. The highest BCUT2D eigenvalue weighted by molar-refractivity contribution is 5.93. The van der Waals surface area contributed by atoms with Crippen LogP contribution in [0.5, 0.6) is 0 Å². The second-order valence-electron chi connectivity index (χ2n) is 11.3. The summed E-state index contributed by atoms with van der Waals surface area (Å²) in [5, 5.41) is 13.8. The second-order valence-corrected chi connectivity index (χ2v) is 11.3. The first kappa shape index (κ1) is 31.3. The molecule has 4 heterocycles. The minimum absolute atomic E-state index is 0.0287. The summed E-state index contributed by atoms with van der Waals surface area (Å²) in [7, 11) is 1.13. The average molecular weight is 626 g/mol. The van der Waals surface area contributed by atoms with Gasteiger partial charge in [0.05, 0.1) is 42.2 Å². The number of fused-ring (bicyclic) bond motifs is 1. The Morgan fingerprint density at radius 1 is 1.25 bits per heavy atom. The second kappa shape index (κ2) is 12.1. The number of aromatic nitrogens is 5. The Bertz CT molecular complexity index is 1540. The fourth-order valence-electron chi connectivity index (χ4n) is 5.95. The summed E-state index contributed by atoms with van der Waals surface area (Å²) in [6, 6.07) is 2.08. The maximum atomic E-state index is 14.0. The number of imidazole rings is 1. The van der Waals surface area contributed by atoms with Crippen LogP contribution in [0.4, 0.5) is 22.0 Å². The van der Waals surface area contributed by atoms with Gasteiger partial charge in [-0.25, -0.2) is 23.1 Å². The summed E-state index contributed by atoms with van der Waals surface area (Å²) in [6.45, 7) is 1.71. The van der Waals surface area contributed by atoms with Crippen LogP contribution in [0.25, 0.3) is 5.65 Å². The number of ether oxygens (including phenoxy) is 1. The van der Waals surface area contributed by atoms with Gasteiger partial charge in [0, 0.05) is 44.5 Å². The van der Waals surface area contributed by atoms with Crippen LogP contribution < -0.4 is 10.6 Å². The van der Waals surface area contributed by atoms with Crippen molar-refractivity contribution < 1.29 is 41.1 Å². The van der Waals surface area contributed by atoms with Gasteiger partial charge < -0.3 is 15.4 Å². The molecular formula is C28H32F5N7O4. The molecule has 11 nitrogen and oxygen atoms in total. The van der Waals surface area contributed by atoms with Gasteiger partial charge in [0.1, 0.15) is 5.69 Å². The lowest BCUT2D eigenvalue weighted by Gasteiger charge is -2.33. The third kappa shape index (κ3) is 6.53. The smallest absolute Gasteiger partial charge is 0.393 e. The zero-order valence-electron chi connectivity index (χ0n) is 24.0. The predicted molar refractivity (Wildman–Crippen MR) is 144 cm³/mol. The lowest BCUT2D eigenvalue weighted by molar-refractivity contribution is -0.183. The largest absolute Gasteiger partial charge is 0.465 e. The summed E-state index contributed by atoms with van der Waals surface area (Å²) in [6.07, 6.45) is -2.79. The normalized spacial score (nSPS) is 21.6. The van der Waals surface area contributed by atoms with E-state index in [0.717, 1.165) is 7.11 Å². The van der Waals surface area contributed by atoms with Gasteiger partial charge in [0.15, 0.2) is 5.65 Å². The van der Waals surface area contributed by atoms with Crippen LogP contribution in [0, 0.1) is 17.8 Å². The van der Waals surface area contributed by atoms with E-state index >= 15 is 0 Å². The molecule has 1 aliphatic carbocycles. The van der Waals surface area contributed by atoms with Gasteiger partial charge in [-0.2, -0.15) is 23.4 Å². The Hall–Kier alpha value is -4.11. The number of methoxy groups -OCH3 is 1. The molecule has 0 spiro atoms. The van der Waals surface area contributed by atoms with E-state index in [0.29, 0.717) is 12.2 Å². The molecule has 0 bridgehead atoms. The third-order valence-electron chi connectivity index (χ3n) is 8.40. The van der Waals surface area contributed by atoms with Gasteiger partial charge in [-0.1, -0.05) is 0 Å². The van der Waals surface area contributed by atoms with E-state index in [2.05, 4.69) is 25.8 Å². The fraction of sp³-hybridized carbons (Fsp3) is 0.571. The molecule has 0 aromatic carbocycles. The number of amides is 2. The average Bonchev–Trinajstić information content (AvgIpc) is 3.62. The lowest BCUT2D eigenvalue weighted by atomic mass is 9.81. The molecule has 2 N–H and O–H groups in total. The number of hydrogen-bond acceptors (Lipinski definition) is 7. The van der Waals surface area contributed by atoms with Crippen molar-refractivity contribution in [1.82, 2.24) is 35.0 Å². The molecule has 2 fully saturated rings. The summed E-state index contributed by atoms with van der Waals surface area (Å²) in [5.41, 5.74) is 0.678. The summed E-state index contributed by atoms with van der Waals surface area (Å²) >= 11 is 0. The minimum Gasteiger partial charge on any atom is -0.465 e. The Kier molecular flexibility index (Phi) is 8.62. The van der Waals surface area contributed by atoms with E-state index < -0.39 is 66.6 Å². The van der Waals surface area contributed by atoms with E-state index in [1.165, 1.54) is 33.7 Å². The van der Waals surface area contributed by atoms with Crippen molar-refractivity contribution in [3.05, 3.63) is 47.2 Å². The molecule has 3 aromatic heterocycles. The highest BCUT2D eigenvalue weighted by atomic mass is 19.4. The van der Waals surface area contributed by atoms with Crippen molar-refractivity contribution in [2.75, 3.05) is 13.7 Å². The van der Waals surface area contributed by atoms with Gasteiger partial charge in [0.25, 0.3) is 5.91 Å². The number of hydrogen-bond donors (Lipinski definition) is 2. The Morgan fingerprint density at radius 2 is 1.98 bits per heavy atom. The number of aryl methyl sites for hydroxylation is 1. The van der Waals surface area contributed by atoms with Gasteiger partial charge in [-0.15, -0.1) is 0 Å². The van der Waals surface area contributed by atoms with Gasteiger partial charge in [-0.3, -0.25) is 14.3 Å². The SMILES string of the molecule is CCn1nccc1C(=O)N[C@H](c1cn2nc(CC3C[C@@H](C(F)(F)F)CNC3=O)c(C(=O)OC)cc2n1)C1CCC(F)(F)CC1. The molecular weight excluding hydrogens is 593 g/mol. The van der Waals surface area contributed by atoms with Gasteiger partial charge in [0.2, 0.25) is 11.8 Å². The Labute approximate surface area is 248 Å². The van der Waals surface area contributed by atoms with Crippen molar-refractivity contribution in [3.63, 3.8) is 0 Å². The maximum absolute atomic E-state index is 14.0. The van der Waals surface area contributed by atoms with Gasteiger partial charge >= 0.3 is 12.1 Å². The van der Waals surface area contributed by atoms with Crippen molar-refractivity contribution in [2.45, 2.75) is 70.1 Å². The van der Waals surface area contributed by atoms with Crippen molar-refractivity contribution in [2.24, 2.45) is 17.8 Å². The quantitative estimate of drug-likeness (QED) is 0.287. The molecule has 3 aromatic rings. The standard InChI is InChI=1S/C28H32F5N7O4/c1-3-39-21(6-9-35-39)25(42)37-23(15-4-7-27(29,30)8-5-15)20-14-40-22(36-20)12-18(26(43)44-2)19(38-40)11-16-10-17(28(31,32)33)13-34-24(16)41/h6,9,12,14-17,23H,3-5,7-8,10-11,13H2,1-2H3,(H,34,41)(H,37,42)/t16?,17-,23+/m1/s1. The van der Waals surface area contributed by atoms with Crippen LogP contribution in [0.1, 0.15) is 77.3 Å². The summed E-state index contributed by atoms with van der Waals surface area (Å²) in [5.74, 6) is -7.94.